The molecule has 2 aromatic heterocycles. The van der Waals surface area contributed by atoms with Gasteiger partial charge in [-0.15, -0.1) is 0 Å². The van der Waals surface area contributed by atoms with Crippen LogP contribution in [0, 0.1) is 0 Å². The minimum atomic E-state index is 0.00419. The normalized spacial score (nSPS) is 10.2. The van der Waals surface area contributed by atoms with Crippen LogP contribution >= 0.6 is 34.8 Å². The van der Waals surface area contributed by atoms with Crippen molar-refractivity contribution in [3.8, 4) is 0 Å². The minimum Gasteiger partial charge on any atom is -0.309 e. The third-order valence-electron chi connectivity index (χ3n) is 1.54. The second-order valence-electron chi connectivity index (χ2n) is 2.67. The third kappa shape index (κ3) is 2.91. The van der Waals surface area contributed by atoms with Gasteiger partial charge in [0.1, 0.15) is 11.0 Å². The van der Waals surface area contributed by atoms with Crippen molar-refractivity contribution in [1.29, 1.82) is 0 Å². The van der Waals surface area contributed by atoms with Gasteiger partial charge in [0.15, 0.2) is 0 Å². The van der Waals surface area contributed by atoms with Crippen LogP contribution in [0.2, 0.25) is 15.7 Å². The lowest BCUT2D eigenvalue weighted by molar-refractivity contribution is 1.05. The molecule has 2 heterocycles. The van der Waals surface area contributed by atoms with Crippen LogP contribution in [0.1, 0.15) is 0 Å². The van der Waals surface area contributed by atoms with Gasteiger partial charge in [0, 0.05) is 0 Å². The molecule has 1 N–H and O–H groups in total. The topological polar surface area (TPSA) is 63.6 Å². The molecule has 0 aliphatic carbocycles. The Balaban J connectivity index is 2.27. The van der Waals surface area contributed by atoms with E-state index in [1.165, 1.54) is 0 Å². The highest BCUT2D eigenvalue weighted by Crippen LogP contribution is 2.15. The van der Waals surface area contributed by atoms with Crippen molar-refractivity contribution < 1.29 is 0 Å². The van der Waals surface area contributed by atoms with E-state index in [1.807, 2.05) is 0 Å². The molecule has 16 heavy (non-hydrogen) atoms. The van der Waals surface area contributed by atoms with Crippen molar-refractivity contribution in [3.63, 3.8) is 0 Å². The SMILES string of the molecule is Clc1cccc(Nc2nc(Cl)nc(Cl)n2)n1. The van der Waals surface area contributed by atoms with Gasteiger partial charge in [0.25, 0.3) is 0 Å². The number of hydrogen-bond donors (Lipinski definition) is 1. The maximum absolute atomic E-state index is 5.72. The average molecular weight is 277 g/mol. The van der Waals surface area contributed by atoms with Crippen LogP contribution in [0.3, 0.4) is 0 Å². The van der Waals surface area contributed by atoms with Gasteiger partial charge in [-0.05, 0) is 35.3 Å². The highest BCUT2D eigenvalue weighted by Gasteiger charge is 2.04. The molecule has 0 saturated carbocycles. The summed E-state index contributed by atoms with van der Waals surface area (Å²) in [6.45, 7) is 0. The van der Waals surface area contributed by atoms with Crippen molar-refractivity contribution in [1.82, 2.24) is 19.9 Å². The van der Waals surface area contributed by atoms with Crippen molar-refractivity contribution in [2.45, 2.75) is 0 Å². The van der Waals surface area contributed by atoms with Gasteiger partial charge in [-0.2, -0.15) is 15.0 Å². The summed E-state index contributed by atoms with van der Waals surface area (Å²) in [7, 11) is 0. The molecule has 2 aromatic rings. The quantitative estimate of drug-likeness (QED) is 0.854. The van der Waals surface area contributed by atoms with Crippen LogP contribution in [0.15, 0.2) is 18.2 Å². The van der Waals surface area contributed by atoms with Crippen LogP contribution < -0.4 is 5.32 Å². The first-order valence-electron chi connectivity index (χ1n) is 4.10. The Bertz CT molecular complexity index is 499. The predicted molar refractivity (Wildman–Crippen MR) is 62.4 cm³/mol. The van der Waals surface area contributed by atoms with E-state index in [4.69, 9.17) is 34.8 Å². The summed E-state index contributed by atoms with van der Waals surface area (Å²) in [6.07, 6.45) is 0. The number of rotatable bonds is 2. The Morgan fingerprint density at radius 3 is 2.19 bits per heavy atom. The van der Waals surface area contributed by atoms with Gasteiger partial charge >= 0.3 is 0 Å². The summed E-state index contributed by atoms with van der Waals surface area (Å²) in [5.41, 5.74) is 0. The summed E-state index contributed by atoms with van der Waals surface area (Å²) in [6, 6.07) is 5.10. The van der Waals surface area contributed by atoms with E-state index in [9.17, 15) is 0 Å². The fourth-order valence-electron chi connectivity index (χ4n) is 0.974. The average Bonchev–Trinajstić information content (AvgIpc) is 2.15. The molecule has 0 aliphatic rings. The Morgan fingerprint density at radius 2 is 1.56 bits per heavy atom. The number of nitrogens with one attached hydrogen (secondary N) is 1. The summed E-state index contributed by atoms with van der Waals surface area (Å²) in [4.78, 5) is 15.3. The van der Waals surface area contributed by atoms with Crippen molar-refractivity contribution in [3.05, 3.63) is 33.9 Å². The van der Waals surface area contributed by atoms with Gasteiger partial charge < -0.3 is 5.32 Å². The molecule has 0 atom stereocenters. The molecule has 0 aliphatic heterocycles. The van der Waals surface area contributed by atoms with Crippen molar-refractivity contribution in [2.75, 3.05) is 5.32 Å². The maximum Gasteiger partial charge on any atom is 0.234 e. The Morgan fingerprint density at radius 1 is 0.875 bits per heavy atom. The Labute approximate surface area is 106 Å². The molecule has 0 radical (unpaired) electrons. The molecule has 0 unspecified atom stereocenters. The van der Waals surface area contributed by atoms with E-state index in [-0.39, 0.29) is 16.5 Å². The molecule has 0 aromatic carbocycles. The highest BCUT2D eigenvalue weighted by atomic mass is 35.5. The molecular formula is C8H4Cl3N5. The first kappa shape index (κ1) is 11.3. The fraction of sp³-hybridized carbons (Fsp3) is 0. The second kappa shape index (κ2) is 4.78. The first-order chi connectivity index (χ1) is 7.63. The Hall–Kier alpha value is -1.17. The van der Waals surface area contributed by atoms with Crippen LogP contribution in [0.4, 0.5) is 11.8 Å². The molecule has 0 bridgehead atoms. The number of hydrogen-bond acceptors (Lipinski definition) is 5. The molecule has 0 fully saturated rings. The van der Waals surface area contributed by atoms with E-state index >= 15 is 0 Å². The zero-order valence-corrected chi connectivity index (χ0v) is 9.92. The van der Waals surface area contributed by atoms with E-state index in [0.29, 0.717) is 11.0 Å². The number of aromatic nitrogens is 4. The standard InChI is InChI=1S/C8H4Cl3N5/c9-4-2-1-3-5(12-4)13-8-15-6(10)14-7(11)16-8/h1-3H,(H,12,13,14,15,16). The number of anilines is 2. The summed E-state index contributed by atoms with van der Waals surface area (Å²) in [5.74, 6) is 0.700. The van der Waals surface area contributed by atoms with Crippen LogP contribution in [-0.2, 0) is 0 Å². The van der Waals surface area contributed by atoms with Crippen LogP contribution in [-0.4, -0.2) is 19.9 Å². The molecule has 0 amide bonds. The van der Waals surface area contributed by atoms with Gasteiger partial charge in [-0.25, -0.2) is 4.98 Å². The smallest absolute Gasteiger partial charge is 0.234 e. The third-order valence-corrected chi connectivity index (χ3v) is 2.08. The van der Waals surface area contributed by atoms with E-state index in [2.05, 4.69) is 25.3 Å². The fourth-order valence-corrected chi connectivity index (χ4v) is 1.50. The van der Waals surface area contributed by atoms with Gasteiger partial charge in [0.2, 0.25) is 16.5 Å². The lowest BCUT2D eigenvalue weighted by atomic mass is 10.5. The first-order valence-corrected chi connectivity index (χ1v) is 5.23. The lowest BCUT2D eigenvalue weighted by Gasteiger charge is -2.03. The zero-order valence-electron chi connectivity index (χ0n) is 7.65. The van der Waals surface area contributed by atoms with E-state index in [0.717, 1.165) is 0 Å². The number of pyridine rings is 1. The number of halogens is 3. The summed E-state index contributed by atoms with van der Waals surface area (Å²) >= 11 is 16.9. The van der Waals surface area contributed by atoms with Crippen LogP contribution in [0.25, 0.3) is 0 Å². The Kier molecular flexibility index (Phi) is 3.38. The van der Waals surface area contributed by atoms with Crippen molar-refractivity contribution >= 4 is 46.6 Å². The van der Waals surface area contributed by atoms with E-state index < -0.39 is 0 Å². The largest absolute Gasteiger partial charge is 0.309 e. The molecule has 82 valence electrons. The molecule has 2 rings (SSSR count). The monoisotopic (exact) mass is 275 g/mol. The van der Waals surface area contributed by atoms with Gasteiger partial charge in [-0.1, -0.05) is 17.7 Å². The minimum absolute atomic E-state index is 0.00419. The van der Waals surface area contributed by atoms with Gasteiger partial charge in [-0.3, -0.25) is 0 Å². The molecular weight excluding hydrogens is 272 g/mol. The lowest BCUT2D eigenvalue weighted by Crippen LogP contribution is -2.00. The molecule has 0 spiro atoms. The molecule has 8 heteroatoms. The summed E-state index contributed by atoms with van der Waals surface area (Å²) in [5, 5.41) is 3.17. The zero-order chi connectivity index (χ0) is 11.5. The van der Waals surface area contributed by atoms with Crippen molar-refractivity contribution in [2.24, 2.45) is 0 Å². The maximum atomic E-state index is 5.72. The predicted octanol–water partition coefficient (Wildman–Crippen LogP) is 2.97. The number of nitrogens with zero attached hydrogens (tertiary/aromatic N) is 4. The molecule has 0 saturated heterocycles. The summed E-state index contributed by atoms with van der Waals surface area (Å²) < 4.78 is 0. The highest BCUT2D eigenvalue weighted by molar-refractivity contribution is 6.31. The van der Waals surface area contributed by atoms with Crippen LogP contribution in [0.5, 0.6) is 0 Å². The van der Waals surface area contributed by atoms with E-state index in [1.54, 1.807) is 18.2 Å². The molecule has 5 nitrogen and oxygen atoms in total. The van der Waals surface area contributed by atoms with Gasteiger partial charge in [0.05, 0.1) is 0 Å². The second-order valence-corrected chi connectivity index (χ2v) is 3.73.